The second kappa shape index (κ2) is 5.83. The summed E-state index contributed by atoms with van der Waals surface area (Å²) in [6.07, 6.45) is 1.76. The number of ether oxygens (including phenoxy) is 1. The lowest BCUT2D eigenvalue weighted by atomic mass is 9.90. The van der Waals surface area contributed by atoms with Gasteiger partial charge < -0.3 is 10.1 Å². The van der Waals surface area contributed by atoms with Gasteiger partial charge in [-0.15, -0.1) is 11.6 Å². The molecule has 0 fully saturated rings. The lowest BCUT2D eigenvalue weighted by Gasteiger charge is -2.23. The van der Waals surface area contributed by atoms with Crippen molar-refractivity contribution >= 4 is 17.5 Å². The van der Waals surface area contributed by atoms with E-state index in [-0.39, 0.29) is 11.3 Å². The highest BCUT2D eigenvalue weighted by molar-refractivity contribution is 6.17. The number of nitrogens with one attached hydrogen (secondary N) is 1. The van der Waals surface area contributed by atoms with Crippen LogP contribution in [0, 0.1) is 5.41 Å². The number of alkyl halides is 1. The molecule has 1 aromatic rings. The molecule has 104 valence electrons. The standard InChI is InChI=1S/C15H20ClNO2/c1-15(2,6-7-16)10-17-14(18)12-3-4-13-11(9-12)5-8-19-13/h3-4,9H,5-8,10H2,1-2H3,(H,17,18). The minimum absolute atomic E-state index is 0.0250. The Morgan fingerprint density at radius 3 is 3.00 bits per heavy atom. The van der Waals surface area contributed by atoms with E-state index in [2.05, 4.69) is 19.2 Å². The smallest absolute Gasteiger partial charge is 0.251 e. The van der Waals surface area contributed by atoms with E-state index in [1.165, 1.54) is 0 Å². The van der Waals surface area contributed by atoms with Gasteiger partial charge in [0.15, 0.2) is 0 Å². The molecule has 0 spiro atoms. The highest BCUT2D eigenvalue weighted by Gasteiger charge is 2.19. The van der Waals surface area contributed by atoms with E-state index in [4.69, 9.17) is 16.3 Å². The summed E-state index contributed by atoms with van der Waals surface area (Å²) in [6, 6.07) is 5.61. The van der Waals surface area contributed by atoms with Crippen molar-refractivity contribution in [3.05, 3.63) is 29.3 Å². The fourth-order valence-corrected chi connectivity index (χ4v) is 2.61. The molecule has 0 aromatic heterocycles. The molecular weight excluding hydrogens is 262 g/mol. The average molecular weight is 282 g/mol. The Bertz CT molecular complexity index is 471. The molecule has 3 nitrogen and oxygen atoms in total. The predicted octanol–water partition coefficient (Wildman–Crippen LogP) is 3.01. The number of carbonyl (C=O) groups excluding carboxylic acids is 1. The van der Waals surface area contributed by atoms with Gasteiger partial charge in [-0.1, -0.05) is 13.8 Å². The third kappa shape index (κ3) is 3.63. The number of hydrogen-bond acceptors (Lipinski definition) is 2. The lowest BCUT2D eigenvalue weighted by Crippen LogP contribution is -2.34. The van der Waals surface area contributed by atoms with Crippen LogP contribution in [0.25, 0.3) is 0 Å². The molecule has 19 heavy (non-hydrogen) atoms. The zero-order chi connectivity index (χ0) is 13.9. The second-order valence-corrected chi connectivity index (χ2v) is 6.08. The number of amides is 1. The highest BCUT2D eigenvalue weighted by Crippen LogP contribution is 2.26. The van der Waals surface area contributed by atoms with E-state index in [0.29, 0.717) is 24.6 Å². The van der Waals surface area contributed by atoms with Gasteiger partial charge in [-0.25, -0.2) is 0 Å². The van der Waals surface area contributed by atoms with Crippen LogP contribution in [0.2, 0.25) is 0 Å². The first kappa shape index (κ1) is 14.2. The monoisotopic (exact) mass is 281 g/mol. The van der Waals surface area contributed by atoms with Crippen molar-refractivity contribution in [2.24, 2.45) is 5.41 Å². The number of hydrogen-bond donors (Lipinski definition) is 1. The molecule has 1 N–H and O–H groups in total. The summed E-state index contributed by atoms with van der Waals surface area (Å²) in [5, 5.41) is 2.98. The van der Waals surface area contributed by atoms with Crippen LogP contribution in [0.15, 0.2) is 18.2 Å². The Labute approximate surface area is 119 Å². The zero-order valence-corrected chi connectivity index (χ0v) is 12.2. The summed E-state index contributed by atoms with van der Waals surface area (Å²) < 4.78 is 5.43. The van der Waals surface area contributed by atoms with Crippen molar-refractivity contribution < 1.29 is 9.53 Å². The quantitative estimate of drug-likeness (QED) is 0.843. The number of fused-ring (bicyclic) bond motifs is 1. The van der Waals surface area contributed by atoms with Crippen molar-refractivity contribution in [2.45, 2.75) is 26.7 Å². The SMILES string of the molecule is CC(C)(CCCl)CNC(=O)c1ccc2c(c1)CCO2. The summed E-state index contributed by atoms with van der Waals surface area (Å²) in [5.74, 6) is 1.48. The molecule has 0 bridgehead atoms. The molecule has 4 heteroatoms. The van der Waals surface area contributed by atoms with Gasteiger partial charge in [-0.05, 0) is 35.6 Å². The Morgan fingerprint density at radius 2 is 2.26 bits per heavy atom. The molecule has 0 saturated heterocycles. The number of halogens is 1. The largest absolute Gasteiger partial charge is 0.493 e. The number of rotatable bonds is 5. The maximum absolute atomic E-state index is 12.1. The molecule has 1 heterocycles. The zero-order valence-electron chi connectivity index (χ0n) is 11.5. The summed E-state index contributed by atoms with van der Waals surface area (Å²) in [6.45, 7) is 5.55. The summed E-state index contributed by atoms with van der Waals surface area (Å²) in [4.78, 5) is 12.1. The molecule has 1 aliphatic heterocycles. The molecule has 0 atom stereocenters. The van der Waals surface area contributed by atoms with Crippen molar-refractivity contribution in [2.75, 3.05) is 19.0 Å². The van der Waals surface area contributed by atoms with E-state index in [1.54, 1.807) is 0 Å². The maximum Gasteiger partial charge on any atom is 0.251 e. The van der Waals surface area contributed by atoms with Gasteiger partial charge in [-0.2, -0.15) is 0 Å². The van der Waals surface area contributed by atoms with Crippen molar-refractivity contribution in [1.29, 1.82) is 0 Å². The Balaban J connectivity index is 1.97. The Morgan fingerprint density at radius 1 is 1.47 bits per heavy atom. The molecule has 1 aromatic carbocycles. The summed E-state index contributed by atoms with van der Waals surface area (Å²) >= 11 is 5.76. The fourth-order valence-electron chi connectivity index (χ4n) is 2.09. The van der Waals surface area contributed by atoms with E-state index in [9.17, 15) is 4.79 Å². The summed E-state index contributed by atoms with van der Waals surface area (Å²) in [5.41, 5.74) is 1.84. The third-order valence-electron chi connectivity index (χ3n) is 3.45. The van der Waals surface area contributed by atoms with Crippen LogP contribution in [0.1, 0.15) is 36.2 Å². The van der Waals surface area contributed by atoms with Gasteiger partial charge in [0.1, 0.15) is 5.75 Å². The van der Waals surface area contributed by atoms with Gasteiger partial charge in [0.05, 0.1) is 6.61 Å². The van der Waals surface area contributed by atoms with Crippen LogP contribution in [0.4, 0.5) is 0 Å². The molecule has 1 amide bonds. The molecule has 0 unspecified atom stereocenters. The highest BCUT2D eigenvalue weighted by atomic mass is 35.5. The first-order chi connectivity index (χ1) is 9.02. The minimum Gasteiger partial charge on any atom is -0.493 e. The van der Waals surface area contributed by atoms with E-state index < -0.39 is 0 Å². The minimum atomic E-state index is -0.0302. The fraction of sp³-hybridized carbons (Fsp3) is 0.533. The van der Waals surface area contributed by atoms with Crippen molar-refractivity contribution in [3.8, 4) is 5.75 Å². The van der Waals surface area contributed by atoms with Crippen LogP contribution in [-0.2, 0) is 6.42 Å². The van der Waals surface area contributed by atoms with Gasteiger partial charge in [-0.3, -0.25) is 4.79 Å². The molecule has 1 aliphatic rings. The first-order valence-corrected chi connectivity index (χ1v) is 7.15. The molecule has 0 saturated carbocycles. The normalized spacial score (nSPS) is 13.8. The Kier molecular flexibility index (Phi) is 4.35. The van der Waals surface area contributed by atoms with Gasteiger partial charge in [0.25, 0.3) is 5.91 Å². The van der Waals surface area contributed by atoms with E-state index in [1.807, 2.05) is 18.2 Å². The summed E-state index contributed by atoms with van der Waals surface area (Å²) in [7, 11) is 0. The van der Waals surface area contributed by atoms with Gasteiger partial charge in [0, 0.05) is 24.4 Å². The van der Waals surface area contributed by atoms with Crippen molar-refractivity contribution in [1.82, 2.24) is 5.32 Å². The lowest BCUT2D eigenvalue weighted by molar-refractivity contribution is 0.0936. The van der Waals surface area contributed by atoms with Crippen LogP contribution < -0.4 is 10.1 Å². The van der Waals surface area contributed by atoms with Crippen LogP contribution in [0.5, 0.6) is 5.75 Å². The molecule has 0 radical (unpaired) electrons. The van der Waals surface area contributed by atoms with Gasteiger partial charge in [0.2, 0.25) is 0 Å². The average Bonchev–Trinajstić information content (AvgIpc) is 2.83. The van der Waals surface area contributed by atoms with E-state index >= 15 is 0 Å². The number of benzene rings is 1. The second-order valence-electron chi connectivity index (χ2n) is 5.71. The van der Waals surface area contributed by atoms with Crippen LogP contribution in [0.3, 0.4) is 0 Å². The molecule has 0 aliphatic carbocycles. The number of carbonyl (C=O) groups is 1. The molecular formula is C15H20ClNO2. The third-order valence-corrected chi connectivity index (χ3v) is 3.64. The van der Waals surface area contributed by atoms with Crippen LogP contribution >= 0.6 is 11.6 Å². The van der Waals surface area contributed by atoms with E-state index in [0.717, 1.165) is 24.2 Å². The Hall–Kier alpha value is -1.22. The topological polar surface area (TPSA) is 38.3 Å². The predicted molar refractivity (Wildman–Crippen MR) is 77.1 cm³/mol. The van der Waals surface area contributed by atoms with Gasteiger partial charge >= 0.3 is 0 Å². The van der Waals surface area contributed by atoms with Crippen LogP contribution in [-0.4, -0.2) is 24.9 Å². The first-order valence-electron chi connectivity index (χ1n) is 6.62. The van der Waals surface area contributed by atoms with Crippen molar-refractivity contribution in [3.63, 3.8) is 0 Å². The maximum atomic E-state index is 12.1. The molecule has 2 rings (SSSR count).